The summed E-state index contributed by atoms with van der Waals surface area (Å²) in [7, 11) is 0. The summed E-state index contributed by atoms with van der Waals surface area (Å²) in [5.41, 5.74) is 0.449. The Morgan fingerprint density at radius 3 is 2.97 bits per heavy atom. The van der Waals surface area contributed by atoms with E-state index in [1.807, 2.05) is 5.38 Å². The largest absolute Gasteiger partial charge is 0.480 e. The van der Waals surface area contributed by atoms with Crippen molar-refractivity contribution in [3.8, 4) is 0 Å². The number of rotatable bonds is 12. The van der Waals surface area contributed by atoms with Gasteiger partial charge in [0.05, 0.1) is 23.1 Å². The van der Waals surface area contributed by atoms with Crippen molar-refractivity contribution in [1.29, 1.82) is 0 Å². The summed E-state index contributed by atoms with van der Waals surface area (Å²) in [6, 6.07) is -1.34. The molecule has 4 N–H and O–H groups in total. The van der Waals surface area contributed by atoms with Gasteiger partial charge in [-0.25, -0.2) is 15.0 Å². The molecule has 13 nitrogen and oxygen atoms in total. The van der Waals surface area contributed by atoms with E-state index in [0.29, 0.717) is 48.3 Å². The highest BCUT2D eigenvalue weighted by Crippen LogP contribution is 2.42. The zero-order chi connectivity index (χ0) is 25.0. The predicted molar refractivity (Wildman–Crippen MR) is 122 cm³/mol. The van der Waals surface area contributed by atoms with Crippen LogP contribution in [0.1, 0.15) is 43.4 Å². The Hall–Kier alpha value is -2.56. The first kappa shape index (κ1) is 25.5. The van der Waals surface area contributed by atoms with Crippen molar-refractivity contribution in [3.63, 3.8) is 0 Å². The van der Waals surface area contributed by atoms with Crippen LogP contribution < -0.4 is 5.32 Å². The molecule has 3 atom stereocenters. The number of carboxylic acids is 1. The molecule has 4 heterocycles. The van der Waals surface area contributed by atoms with E-state index in [1.54, 1.807) is 6.33 Å². The fourth-order valence-corrected chi connectivity index (χ4v) is 6.07. The van der Waals surface area contributed by atoms with Gasteiger partial charge in [0.25, 0.3) is 5.91 Å². The third kappa shape index (κ3) is 5.05. The number of nitrogens with one attached hydrogen (secondary N) is 2. The Morgan fingerprint density at radius 2 is 2.26 bits per heavy atom. The number of aromatic nitrogens is 2. The van der Waals surface area contributed by atoms with Crippen molar-refractivity contribution in [1.82, 2.24) is 20.2 Å². The van der Waals surface area contributed by atoms with Crippen LogP contribution in [0, 0.1) is 0 Å². The van der Waals surface area contributed by atoms with Crippen molar-refractivity contribution < 1.29 is 43.7 Å². The van der Waals surface area contributed by atoms with Gasteiger partial charge in [-0.1, -0.05) is 5.04 Å². The fraction of sp³-hybridized carbons (Fsp3) is 0.550. The van der Waals surface area contributed by atoms with E-state index in [9.17, 15) is 24.3 Å². The molecule has 2 fully saturated rings. The van der Waals surface area contributed by atoms with Gasteiger partial charge in [-0.3, -0.25) is 19.3 Å². The Morgan fingerprint density at radius 1 is 1.43 bits per heavy atom. The number of imide groups is 1. The van der Waals surface area contributed by atoms with Gasteiger partial charge in [0.1, 0.15) is 16.8 Å². The minimum absolute atomic E-state index is 0.0257. The number of nitrogens with zero attached hydrogens (tertiary/aromatic N) is 2. The molecule has 2 aliphatic heterocycles. The van der Waals surface area contributed by atoms with Crippen molar-refractivity contribution in [2.45, 2.75) is 55.4 Å². The molecule has 2 aliphatic rings. The number of hydrogen-bond donors (Lipinski definition) is 4. The minimum Gasteiger partial charge on any atom is -0.480 e. The van der Waals surface area contributed by atoms with Crippen molar-refractivity contribution >= 4 is 58.1 Å². The highest BCUT2D eigenvalue weighted by Gasteiger charge is 2.47. The van der Waals surface area contributed by atoms with Gasteiger partial charge in [-0.15, -0.1) is 15.7 Å². The zero-order valence-electron chi connectivity index (χ0n) is 18.4. The first-order valence-corrected chi connectivity index (χ1v) is 12.6. The summed E-state index contributed by atoms with van der Waals surface area (Å²) in [6.07, 6.45) is 3.39. The van der Waals surface area contributed by atoms with Gasteiger partial charge in [0.15, 0.2) is 5.60 Å². The van der Waals surface area contributed by atoms with Crippen LogP contribution in [0.5, 0.6) is 0 Å². The van der Waals surface area contributed by atoms with E-state index in [-0.39, 0.29) is 25.3 Å². The molecular formula is C20H24N4O9S2. The number of carbonyl (C=O) groups excluding carboxylic acids is 3. The molecule has 0 bridgehead atoms. The van der Waals surface area contributed by atoms with Crippen LogP contribution in [0.3, 0.4) is 0 Å². The topological polar surface area (TPSA) is 180 Å². The van der Waals surface area contributed by atoms with Crippen LogP contribution in [0.4, 0.5) is 0 Å². The number of unbranched alkanes of at least 4 members (excludes halogenated alkanes) is 1. The van der Waals surface area contributed by atoms with E-state index in [2.05, 4.69) is 24.7 Å². The number of carbonyl (C=O) groups is 4. The van der Waals surface area contributed by atoms with Gasteiger partial charge in [0, 0.05) is 30.6 Å². The number of likely N-dealkylation sites (tertiary alicyclic amines) is 1. The standard InChI is InChI=1S/C20H24N4O9S2/c25-14-8-13(35-33-32-30)17(26)24(14)12(18(27)28)4-1-2-6-21-19(29)20(5-3-7-31-20)16-15-11(9-34-16)22-10-23-15/h9-10,12-13,30H,1-8H2,(H,21,29)(H,22,23)(H,27,28). The molecule has 15 heteroatoms. The third-order valence-electron chi connectivity index (χ3n) is 6.05. The van der Waals surface area contributed by atoms with Gasteiger partial charge in [-0.05, 0) is 32.1 Å². The molecule has 3 amide bonds. The average molecular weight is 529 g/mol. The van der Waals surface area contributed by atoms with E-state index in [4.69, 9.17) is 9.99 Å². The fourth-order valence-electron chi connectivity index (χ4n) is 4.40. The number of imidazole rings is 1. The minimum atomic E-state index is -1.34. The van der Waals surface area contributed by atoms with Gasteiger partial charge in [-0.2, -0.15) is 0 Å². The van der Waals surface area contributed by atoms with E-state index >= 15 is 0 Å². The molecule has 0 saturated carbocycles. The molecule has 2 aromatic heterocycles. The molecule has 0 aromatic carbocycles. The smallest absolute Gasteiger partial charge is 0.326 e. The van der Waals surface area contributed by atoms with E-state index in [1.165, 1.54) is 11.3 Å². The summed E-state index contributed by atoms with van der Waals surface area (Å²) in [5.74, 6) is -2.94. The maximum absolute atomic E-state index is 13.2. The lowest BCUT2D eigenvalue weighted by atomic mass is 9.96. The highest BCUT2D eigenvalue weighted by molar-refractivity contribution is 7.96. The number of carboxylic acid groups (broad SMARTS) is 1. The van der Waals surface area contributed by atoms with Crippen LogP contribution in [-0.2, 0) is 38.9 Å². The Balaban J connectivity index is 1.31. The summed E-state index contributed by atoms with van der Waals surface area (Å²) < 4.78 is 10.2. The average Bonchev–Trinajstić information content (AvgIpc) is 3.60. The second-order valence-corrected chi connectivity index (χ2v) is 9.93. The number of aromatic amines is 1. The first-order valence-electron chi connectivity index (χ1n) is 10.9. The van der Waals surface area contributed by atoms with Gasteiger partial charge in [0.2, 0.25) is 11.8 Å². The lowest BCUT2D eigenvalue weighted by molar-refractivity contribution is -0.432. The predicted octanol–water partition coefficient (Wildman–Crippen LogP) is 1.57. The highest BCUT2D eigenvalue weighted by atomic mass is 32.2. The SMILES string of the molecule is O=C(O)C(CCCCNC(=O)C1(c2scc3[nH]cnc23)CCCO1)N1C(=O)CC(SOOO)C1=O. The Kier molecular flexibility index (Phi) is 8.03. The maximum Gasteiger partial charge on any atom is 0.326 e. The number of aliphatic carboxylic acids is 1. The Labute approximate surface area is 207 Å². The van der Waals surface area contributed by atoms with E-state index < -0.39 is 34.7 Å². The van der Waals surface area contributed by atoms with Crippen LogP contribution >= 0.6 is 23.4 Å². The summed E-state index contributed by atoms with van der Waals surface area (Å²) >= 11 is 1.85. The molecular weight excluding hydrogens is 504 g/mol. The first-order chi connectivity index (χ1) is 16.9. The molecule has 2 aromatic rings. The van der Waals surface area contributed by atoms with Crippen LogP contribution in [0.15, 0.2) is 11.7 Å². The molecule has 4 rings (SSSR count). The molecule has 0 radical (unpaired) electrons. The Bertz CT molecular complexity index is 1100. The van der Waals surface area contributed by atoms with Crippen molar-refractivity contribution in [3.05, 3.63) is 16.6 Å². The van der Waals surface area contributed by atoms with Crippen LogP contribution in [0.2, 0.25) is 0 Å². The zero-order valence-corrected chi connectivity index (χ0v) is 20.1. The molecule has 190 valence electrons. The number of amides is 3. The van der Waals surface area contributed by atoms with E-state index in [0.717, 1.165) is 16.8 Å². The quantitative estimate of drug-likeness (QED) is 0.103. The summed E-state index contributed by atoms with van der Waals surface area (Å²) in [5, 5.41) is 25.0. The van der Waals surface area contributed by atoms with Crippen LogP contribution in [0.25, 0.3) is 11.0 Å². The van der Waals surface area contributed by atoms with Gasteiger partial charge >= 0.3 is 5.97 Å². The lowest BCUT2D eigenvalue weighted by Gasteiger charge is -2.26. The molecule has 35 heavy (non-hydrogen) atoms. The van der Waals surface area contributed by atoms with Gasteiger partial charge < -0.3 is 20.1 Å². The van der Waals surface area contributed by atoms with Crippen molar-refractivity contribution in [2.75, 3.05) is 13.2 Å². The van der Waals surface area contributed by atoms with Crippen LogP contribution in [-0.4, -0.2) is 73.4 Å². The second-order valence-electron chi connectivity index (χ2n) is 8.15. The third-order valence-corrected chi connectivity index (χ3v) is 7.90. The molecule has 0 aliphatic carbocycles. The monoisotopic (exact) mass is 528 g/mol. The lowest BCUT2D eigenvalue weighted by Crippen LogP contribution is -2.46. The number of hydrogen-bond acceptors (Lipinski definition) is 11. The molecule has 2 saturated heterocycles. The summed E-state index contributed by atoms with van der Waals surface area (Å²) in [4.78, 5) is 58.4. The molecule has 0 spiro atoms. The number of ether oxygens (including phenoxy) is 1. The second kappa shape index (κ2) is 11.0. The normalized spacial score (nSPS) is 23.3. The maximum atomic E-state index is 13.2. The summed E-state index contributed by atoms with van der Waals surface area (Å²) in [6.45, 7) is 0.734. The molecule has 3 unspecified atom stereocenters. The number of fused-ring (bicyclic) bond motifs is 1. The number of H-pyrrole nitrogens is 1. The van der Waals surface area contributed by atoms with Crippen molar-refractivity contribution in [2.24, 2.45) is 0 Å². The number of thiophene rings is 1.